The fourth-order valence-electron chi connectivity index (χ4n) is 3.94. The standard InChI is InChI=1S/C20H25N3O4/c1-25-12-7-18-21-19(27-22-18)14-23-10-4-8-20(9-11-23)13-16(24)15-5-2-3-6-17(15)26-20/h2-3,5-6H,4,7-14H2,1H3. The van der Waals surface area contributed by atoms with Gasteiger partial charge in [-0.2, -0.15) is 4.98 Å². The number of likely N-dealkylation sites (tertiary alicyclic amines) is 1. The van der Waals surface area contributed by atoms with Gasteiger partial charge in [0, 0.05) is 26.5 Å². The van der Waals surface area contributed by atoms with E-state index in [4.69, 9.17) is 14.0 Å². The minimum atomic E-state index is -0.390. The van der Waals surface area contributed by atoms with Crippen LogP contribution < -0.4 is 4.74 Å². The zero-order valence-corrected chi connectivity index (χ0v) is 15.6. The van der Waals surface area contributed by atoms with Crippen LogP contribution in [0.1, 0.15) is 47.8 Å². The van der Waals surface area contributed by atoms with Gasteiger partial charge in [-0.05, 0) is 31.5 Å². The van der Waals surface area contributed by atoms with Crippen LogP contribution in [0.4, 0.5) is 0 Å². The van der Waals surface area contributed by atoms with E-state index in [0.717, 1.165) is 38.1 Å². The number of para-hydroxylation sites is 1. The Morgan fingerprint density at radius 2 is 2.15 bits per heavy atom. The van der Waals surface area contributed by atoms with Crippen LogP contribution in [0.2, 0.25) is 0 Å². The minimum Gasteiger partial charge on any atom is -0.486 e. The van der Waals surface area contributed by atoms with Crippen molar-refractivity contribution in [3.05, 3.63) is 41.5 Å². The normalized spacial score (nSPS) is 23.1. The Kier molecular flexibility index (Phi) is 5.22. The first kappa shape index (κ1) is 18.1. The van der Waals surface area contributed by atoms with E-state index in [1.807, 2.05) is 24.3 Å². The summed E-state index contributed by atoms with van der Waals surface area (Å²) < 4.78 is 16.8. The molecular formula is C20H25N3O4. The molecule has 7 nitrogen and oxygen atoms in total. The van der Waals surface area contributed by atoms with Crippen molar-refractivity contribution in [1.29, 1.82) is 0 Å². The Morgan fingerprint density at radius 3 is 3.04 bits per heavy atom. The summed E-state index contributed by atoms with van der Waals surface area (Å²) in [6.45, 7) is 2.97. The summed E-state index contributed by atoms with van der Waals surface area (Å²) >= 11 is 0. The van der Waals surface area contributed by atoms with Crippen molar-refractivity contribution >= 4 is 5.78 Å². The predicted molar refractivity (Wildman–Crippen MR) is 97.8 cm³/mol. The van der Waals surface area contributed by atoms with Crippen LogP contribution in [0.3, 0.4) is 0 Å². The number of hydrogen-bond donors (Lipinski definition) is 0. The molecule has 1 aromatic heterocycles. The molecule has 4 rings (SSSR count). The topological polar surface area (TPSA) is 77.7 Å². The third kappa shape index (κ3) is 4.04. The van der Waals surface area contributed by atoms with E-state index >= 15 is 0 Å². The summed E-state index contributed by atoms with van der Waals surface area (Å²) in [6.07, 6.45) is 3.78. The number of ether oxygens (including phenoxy) is 2. The molecule has 1 aromatic carbocycles. The molecular weight excluding hydrogens is 346 g/mol. The maximum Gasteiger partial charge on any atom is 0.240 e. The molecule has 0 bridgehead atoms. The van der Waals surface area contributed by atoms with Crippen LogP contribution in [0.5, 0.6) is 5.75 Å². The lowest BCUT2D eigenvalue weighted by atomic mass is 9.84. The Morgan fingerprint density at radius 1 is 1.26 bits per heavy atom. The van der Waals surface area contributed by atoms with Crippen LogP contribution in [-0.2, 0) is 17.7 Å². The number of nitrogens with zero attached hydrogens (tertiary/aromatic N) is 3. The Balaban J connectivity index is 1.39. The molecule has 0 radical (unpaired) electrons. The smallest absolute Gasteiger partial charge is 0.240 e. The molecule has 2 aliphatic rings. The third-order valence-corrected chi connectivity index (χ3v) is 5.39. The second-order valence-electron chi connectivity index (χ2n) is 7.36. The number of aromatic nitrogens is 2. The van der Waals surface area contributed by atoms with Gasteiger partial charge in [-0.1, -0.05) is 17.3 Å². The Labute approximate surface area is 158 Å². The van der Waals surface area contributed by atoms with Gasteiger partial charge in [-0.25, -0.2) is 0 Å². The lowest BCUT2D eigenvalue weighted by molar-refractivity contribution is 0.0297. The second-order valence-corrected chi connectivity index (χ2v) is 7.36. The molecule has 1 unspecified atom stereocenters. The summed E-state index contributed by atoms with van der Waals surface area (Å²) in [4.78, 5) is 19.3. The quantitative estimate of drug-likeness (QED) is 0.799. The van der Waals surface area contributed by atoms with Crippen molar-refractivity contribution in [3.63, 3.8) is 0 Å². The molecule has 1 atom stereocenters. The monoisotopic (exact) mass is 371 g/mol. The molecule has 1 saturated heterocycles. The Bertz CT molecular complexity index is 806. The summed E-state index contributed by atoms with van der Waals surface area (Å²) in [5, 5.41) is 4.00. The number of ketones is 1. The zero-order valence-electron chi connectivity index (χ0n) is 15.6. The van der Waals surface area contributed by atoms with E-state index in [1.165, 1.54) is 0 Å². The Hall–Kier alpha value is -2.25. The lowest BCUT2D eigenvalue weighted by Gasteiger charge is -2.37. The maximum atomic E-state index is 12.6. The minimum absolute atomic E-state index is 0.185. The maximum absolute atomic E-state index is 12.6. The van der Waals surface area contributed by atoms with Gasteiger partial charge in [0.05, 0.1) is 25.1 Å². The van der Waals surface area contributed by atoms with Crippen molar-refractivity contribution in [1.82, 2.24) is 15.0 Å². The number of fused-ring (bicyclic) bond motifs is 1. The van der Waals surface area contributed by atoms with Crippen LogP contribution >= 0.6 is 0 Å². The highest BCUT2D eigenvalue weighted by molar-refractivity contribution is 6.00. The number of Topliss-reactive ketones (excluding diaryl/α,β-unsaturated/α-hetero) is 1. The summed E-state index contributed by atoms with van der Waals surface area (Å²) in [5.74, 6) is 2.21. The highest BCUT2D eigenvalue weighted by Gasteiger charge is 2.41. The number of rotatable bonds is 5. The lowest BCUT2D eigenvalue weighted by Crippen LogP contribution is -2.42. The second kappa shape index (κ2) is 7.78. The van der Waals surface area contributed by atoms with Gasteiger partial charge in [-0.15, -0.1) is 0 Å². The average Bonchev–Trinajstić information content (AvgIpc) is 3.03. The molecule has 2 aromatic rings. The first-order valence-electron chi connectivity index (χ1n) is 9.51. The molecule has 1 spiro atoms. The largest absolute Gasteiger partial charge is 0.486 e. The van der Waals surface area contributed by atoms with E-state index in [-0.39, 0.29) is 5.78 Å². The number of carbonyl (C=O) groups is 1. The predicted octanol–water partition coefficient (Wildman–Crippen LogP) is 2.65. The number of benzene rings is 1. The zero-order chi connectivity index (χ0) is 18.7. The van der Waals surface area contributed by atoms with E-state index < -0.39 is 5.60 Å². The van der Waals surface area contributed by atoms with Gasteiger partial charge >= 0.3 is 0 Å². The molecule has 27 heavy (non-hydrogen) atoms. The molecule has 1 fully saturated rings. The molecule has 0 saturated carbocycles. The van der Waals surface area contributed by atoms with Gasteiger partial charge in [0.15, 0.2) is 11.6 Å². The van der Waals surface area contributed by atoms with Crippen LogP contribution in [-0.4, -0.2) is 53.2 Å². The van der Waals surface area contributed by atoms with Crippen LogP contribution in [0.25, 0.3) is 0 Å². The third-order valence-electron chi connectivity index (χ3n) is 5.39. The molecule has 0 N–H and O–H groups in total. The van der Waals surface area contributed by atoms with Crippen LogP contribution in [0, 0.1) is 0 Å². The highest BCUT2D eigenvalue weighted by atomic mass is 16.5. The van der Waals surface area contributed by atoms with Gasteiger partial charge in [0.1, 0.15) is 11.4 Å². The van der Waals surface area contributed by atoms with E-state index in [0.29, 0.717) is 43.3 Å². The molecule has 3 heterocycles. The van der Waals surface area contributed by atoms with Crippen molar-refractivity contribution in [2.45, 2.75) is 44.2 Å². The first-order chi connectivity index (χ1) is 13.2. The molecule has 0 aliphatic carbocycles. The number of hydrogen-bond acceptors (Lipinski definition) is 7. The molecule has 7 heteroatoms. The SMILES string of the molecule is COCCc1noc(CN2CCCC3(CC2)CC(=O)c2ccccc2O3)n1. The van der Waals surface area contributed by atoms with Gasteiger partial charge in [0.25, 0.3) is 0 Å². The summed E-state index contributed by atoms with van der Waals surface area (Å²) in [7, 11) is 1.66. The van der Waals surface area contributed by atoms with Crippen molar-refractivity contribution in [2.75, 3.05) is 26.8 Å². The van der Waals surface area contributed by atoms with Gasteiger partial charge < -0.3 is 14.0 Å². The fraction of sp³-hybridized carbons (Fsp3) is 0.550. The molecule has 2 aliphatic heterocycles. The van der Waals surface area contributed by atoms with E-state index in [1.54, 1.807) is 7.11 Å². The van der Waals surface area contributed by atoms with Gasteiger partial charge in [0.2, 0.25) is 5.89 Å². The molecule has 0 amide bonds. The van der Waals surface area contributed by atoms with Crippen LogP contribution in [0.15, 0.2) is 28.8 Å². The van der Waals surface area contributed by atoms with Gasteiger partial charge in [-0.3, -0.25) is 9.69 Å². The number of methoxy groups -OCH3 is 1. The van der Waals surface area contributed by atoms with Crippen molar-refractivity contribution in [3.8, 4) is 5.75 Å². The van der Waals surface area contributed by atoms with Crippen molar-refractivity contribution in [2.24, 2.45) is 0 Å². The highest BCUT2D eigenvalue weighted by Crippen LogP contribution is 2.39. The summed E-state index contributed by atoms with van der Waals surface area (Å²) in [6, 6.07) is 7.56. The fourth-order valence-corrected chi connectivity index (χ4v) is 3.94. The number of carbonyl (C=O) groups excluding carboxylic acids is 1. The summed E-state index contributed by atoms with van der Waals surface area (Å²) in [5.41, 5.74) is 0.317. The first-order valence-corrected chi connectivity index (χ1v) is 9.51. The average molecular weight is 371 g/mol. The molecule has 144 valence electrons. The van der Waals surface area contributed by atoms with E-state index in [2.05, 4.69) is 15.0 Å². The van der Waals surface area contributed by atoms with E-state index in [9.17, 15) is 4.79 Å². The van der Waals surface area contributed by atoms with Crippen molar-refractivity contribution < 1.29 is 18.8 Å².